The molecule has 0 spiro atoms. The van der Waals surface area contributed by atoms with Gasteiger partial charge >= 0.3 is 12.0 Å². The quantitative estimate of drug-likeness (QED) is 0.595. The van der Waals surface area contributed by atoms with Gasteiger partial charge in [0, 0.05) is 13.1 Å². The van der Waals surface area contributed by atoms with E-state index in [9.17, 15) is 24.0 Å². The molecule has 2 heterocycles. The van der Waals surface area contributed by atoms with Gasteiger partial charge in [0.1, 0.15) is 6.04 Å². The number of carbonyl (C=O) groups is 5. The molecule has 2 aliphatic rings. The second-order valence-electron chi connectivity index (χ2n) is 5.59. The van der Waals surface area contributed by atoms with Gasteiger partial charge in [-0.2, -0.15) is 0 Å². The van der Waals surface area contributed by atoms with E-state index in [-0.39, 0.29) is 17.7 Å². The van der Waals surface area contributed by atoms with E-state index in [1.54, 1.807) is 12.1 Å². The van der Waals surface area contributed by atoms with Crippen molar-refractivity contribution in [1.82, 2.24) is 15.1 Å². The van der Waals surface area contributed by atoms with E-state index in [2.05, 4.69) is 5.32 Å². The van der Waals surface area contributed by atoms with Gasteiger partial charge in [-0.25, -0.2) is 9.59 Å². The van der Waals surface area contributed by atoms with E-state index in [1.807, 2.05) is 0 Å². The summed E-state index contributed by atoms with van der Waals surface area (Å²) in [7, 11) is 0. The SMILES string of the molecule is C[C@@H](C(=O)OCC(=O)N1CCNC1=O)N1C(=O)c2ccccc2C1=O. The Kier molecular flexibility index (Phi) is 4.22. The number of nitrogens with one attached hydrogen (secondary N) is 1. The van der Waals surface area contributed by atoms with Crippen LogP contribution in [0.25, 0.3) is 0 Å². The molecule has 25 heavy (non-hydrogen) atoms. The molecule has 1 atom stereocenters. The zero-order valence-electron chi connectivity index (χ0n) is 13.4. The molecule has 0 unspecified atom stereocenters. The molecule has 2 aliphatic heterocycles. The molecule has 1 aromatic carbocycles. The maximum Gasteiger partial charge on any atom is 0.329 e. The number of rotatable bonds is 4. The van der Waals surface area contributed by atoms with Gasteiger partial charge in [0.05, 0.1) is 11.1 Å². The number of benzene rings is 1. The summed E-state index contributed by atoms with van der Waals surface area (Å²) in [5, 5.41) is 2.46. The van der Waals surface area contributed by atoms with Crippen LogP contribution in [0.4, 0.5) is 4.79 Å². The van der Waals surface area contributed by atoms with Crippen molar-refractivity contribution >= 4 is 29.7 Å². The number of ether oxygens (including phenoxy) is 1. The highest BCUT2D eigenvalue weighted by atomic mass is 16.5. The average Bonchev–Trinajstić information content (AvgIpc) is 3.14. The van der Waals surface area contributed by atoms with Crippen LogP contribution in [-0.2, 0) is 14.3 Å². The first-order valence-corrected chi connectivity index (χ1v) is 7.63. The molecule has 0 aromatic heterocycles. The van der Waals surface area contributed by atoms with E-state index in [0.29, 0.717) is 6.54 Å². The maximum absolute atomic E-state index is 12.3. The standard InChI is InChI=1S/C16H15N3O6/c1-9(15(23)25-8-12(20)18-7-6-17-16(18)24)19-13(21)10-4-2-3-5-11(10)14(19)22/h2-5,9H,6-8H2,1H3,(H,17,24)/t9-/m0/s1. The van der Waals surface area contributed by atoms with Crippen LogP contribution in [0, 0.1) is 0 Å². The highest BCUT2D eigenvalue weighted by Gasteiger charge is 2.41. The van der Waals surface area contributed by atoms with Gasteiger partial charge in [-0.1, -0.05) is 12.1 Å². The molecule has 0 aliphatic carbocycles. The Morgan fingerprint density at radius 2 is 1.76 bits per heavy atom. The third-order valence-corrected chi connectivity index (χ3v) is 4.05. The molecule has 1 fully saturated rings. The molecule has 5 amide bonds. The molecule has 130 valence electrons. The van der Waals surface area contributed by atoms with Gasteiger partial charge in [-0.3, -0.25) is 24.2 Å². The first kappa shape index (κ1) is 16.6. The fraction of sp³-hybridized carbons (Fsp3) is 0.312. The molecule has 1 N–H and O–H groups in total. The van der Waals surface area contributed by atoms with Crippen molar-refractivity contribution in [2.24, 2.45) is 0 Å². The Morgan fingerprint density at radius 1 is 1.16 bits per heavy atom. The van der Waals surface area contributed by atoms with Crippen LogP contribution < -0.4 is 5.32 Å². The normalized spacial score (nSPS) is 17.4. The van der Waals surface area contributed by atoms with Gasteiger partial charge in [-0.15, -0.1) is 0 Å². The highest BCUT2D eigenvalue weighted by Crippen LogP contribution is 2.24. The molecule has 9 heteroatoms. The summed E-state index contributed by atoms with van der Waals surface area (Å²) in [4.78, 5) is 61.7. The number of carbonyl (C=O) groups excluding carboxylic acids is 5. The van der Waals surface area contributed by atoms with Gasteiger partial charge in [0.15, 0.2) is 6.61 Å². The van der Waals surface area contributed by atoms with E-state index < -0.39 is 42.4 Å². The molecule has 0 radical (unpaired) electrons. The number of hydrogen-bond donors (Lipinski definition) is 1. The lowest BCUT2D eigenvalue weighted by molar-refractivity contribution is -0.153. The number of urea groups is 1. The minimum absolute atomic E-state index is 0.198. The van der Waals surface area contributed by atoms with Gasteiger partial charge < -0.3 is 10.1 Å². The Balaban J connectivity index is 1.63. The molecule has 1 saturated heterocycles. The van der Waals surface area contributed by atoms with Gasteiger partial charge in [-0.05, 0) is 19.1 Å². The van der Waals surface area contributed by atoms with Gasteiger partial charge in [0.2, 0.25) is 0 Å². The zero-order valence-corrected chi connectivity index (χ0v) is 13.4. The Morgan fingerprint density at radius 3 is 2.28 bits per heavy atom. The summed E-state index contributed by atoms with van der Waals surface area (Å²) in [6.45, 7) is 1.24. The highest BCUT2D eigenvalue weighted by molar-refractivity contribution is 6.22. The topological polar surface area (TPSA) is 113 Å². The molecule has 0 saturated carbocycles. The van der Waals surface area contributed by atoms with Crippen LogP contribution >= 0.6 is 0 Å². The first-order chi connectivity index (χ1) is 11.9. The monoisotopic (exact) mass is 345 g/mol. The minimum Gasteiger partial charge on any atom is -0.454 e. The summed E-state index contributed by atoms with van der Waals surface area (Å²) in [5.41, 5.74) is 0.439. The molecule has 0 bridgehead atoms. The van der Waals surface area contributed by atoms with E-state index in [4.69, 9.17) is 4.74 Å². The largest absolute Gasteiger partial charge is 0.454 e. The van der Waals surface area contributed by atoms with Crippen LogP contribution in [0.1, 0.15) is 27.6 Å². The number of amides is 5. The van der Waals surface area contributed by atoms with Crippen molar-refractivity contribution in [3.05, 3.63) is 35.4 Å². The fourth-order valence-corrected chi connectivity index (χ4v) is 2.71. The van der Waals surface area contributed by atoms with Crippen molar-refractivity contribution < 1.29 is 28.7 Å². The molecular weight excluding hydrogens is 330 g/mol. The number of nitrogens with zero attached hydrogens (tertiary/aromatic N) is 2. The third kappa shape index (κ3) is 2.84. The summed E-state index contributed by atoms with van der Waals surface area (Å²) in [6, 6.07) is 4.51. The molecule has 3 rings (SSSR count). The first-order valence-electron chi connectivity index (χ1n) is 7.63. The Labute approximate surface area is 142 Å². The number of imide groups is 2. The summed E-state index contributed by atoms with van der Waals surface area (Å²) >= 11 is 0. The number of hydrogen-bond acceptors (Lipinski definition) is 6. The van der Waals surface area contributed by atoms with E-state index in [0.717, 1.165) is 9.80 Å². The van der Waals surface area contributed by atoms with Crippen molar-refractivity contribution in [2.75, 3.05) is 19.7 Å². The molecule has 1 aromatic rings. The lowest BCUT2D eigenvalue weighted by Gasteiger charge is -2.21. The van der Waals surface area contributed by atoms with E-state index >= 15 is 0 Å². The average molecular weight is 345 g/mol. The number of esters is 1. The second-order valence-corrected chi connectivity index (χ2v) is 5.59. The summed E-state index contributed by atoms with van der Waals surface area (Å²) < 4.78 is 4.88. The predicted octanol–water partition coefficient (Wildman–Crippen LogP) is -0.234. The van der Waals surface area contributed by atoms with Crippen molar-refractivity contribution in [1.29, 1.82) is 0 Å². The van der Waals surface area contributed by atoms with Crippen molar-refractivity contribution in [2.45, 2.75) is 13.0 Å². The van der Waals surface area contributed by atoms with Crippen LogP contribution in [0.5, 0.6) is 0 Å². The number of fused-ring (bicyclic) bond motifs is 1. The Hall–Kier alpha value is -3.23. The summed E-state index contributed by atoms with van der Waals surface area (Å²) in [6.07, 6.45) is 0. The Bertz CT molecular complexity index is 755. The van der Waals surface area contributed by atoms with Crippen molar-refractivity contribution in [3.63, 3.8) is 0 Å². The fourth-order valence-electron chi connectivity index (χ4n) is 2.71. The van der Waals surface area contributed by atoms with Crippen LogP contribution in [0.15, 0.2) is 24.3 Å². The zero-order chi connectivity index (χ0) is 18.1. The maximum atomic E-state index is 12.3. The predicted molar refractivity (Wildman–Crippen MR) is 82.5 cm³/mol. The third-order valence-electron chi connectivity index (χ3n) is 4.05. The smallest absolute Gasteiger partial charge is 0.329 e. The minimum atomic E-state index is -1.19. The molecular formula is C16H15N3O6. The lowest BCUT2D eigenvalue weighted by Crippen LogP contribution is -2.45. The molecule has 9 nitrogen and oxygen atoms in total. The van der Waals surface area contributed by atoms with Crippen LogP contribution in [-0.4, -0.2) is 65.3 Å². The second kappa shape index (κ2) is 6.34. The summed E-state index contributed by atoms with van der Waals surface area (Å²) in [5.74, 6) is -2.74. The van der Waals surface area contributed by atoms with Crippen LogP contribution in [0.2, 0.25) is 0 Å². The van der Waals surface area contributed by atoms with Gasteiger partial charge in [0.25, 0.3) is 17.7 Å². The lowest BCUT2D eigenvalue weighted by atomic mass is 10.1. The van der Waals surface area contributed by atoms with E-state index in [1.165, 1.54) is 19.1 Å². The van der Waals surface area contributed by atoms with Crippen LogP contribution in [0.3, 0.4) is 0 Å². The van der Waals surface area contributed by atoms with Crippen molar-refractivity contribution in [3.8, 4) is 0 Å².